The Morgan fingerprint density at radius 1 is 1.19 bits per heavy atom. The maximum Gasteiger partial charge on any atom is 0.330 e. The Balaban J connectivity index is 1.50. The molecule has 3 unspecified atom stereocenters. The first-order valence-electron chi connectivity index (χ1n) is 9.64. The molecule has 5 N–H and O–H groups in total. The van der Waals surface area contributed by atoms with Gasteiger partial charge in [0, 0.05) is 25.7 Å². The Kier molecular flexibility index (Phi) is 5.59. The number of para-hydroxylation sites is 2. The van der Waals surface area contributed by atoms with Gasteiger partial charge in [-0.05, 0) is 12.1 Å². The molecule has 31 heavy (non-hydrogen) atoms. The summed E-state index contributed by atoms with van der Waals surface area (Å²) in [5, 5.41) is 21.6. The third kappa shape index (κ3) is 3.95. The number of hydrogen-bond acceptors (Lipinski definition) is 7. The number of benzene rings is 1. The van der Waals surface area contributed by atoms with Gasteiger partial charge in [-0.15, -0.1) is 0 Å². The van der Waals surface area contributed by atoms with Crippen LogP contribution in [0.3, 0.4) is 0 Å². The smallest absolute Gasteiger partial charge is 0.330 e. The zero-order chi connectivity index (χ0) is 22.1. The number of ether oxygens (including phenoxy) is 1. The number of nitrogens with one attached hydrogen (secondary N) is 3. The maximum atomic E-state index is 12.5. The number of nitrogens with zero attached hydrogens (tertiary/aromatic N) is 2. The molecule has 3 atom stereocenters. The van der Waals surface area contributed by atoms with Crippen LogP contribution >= 0.6 is 0 Å². The van der Waals surface area contributed by atoms with Crippen LogP contribution in [-0.4, -0.2) is 60.6 Å². The van der Waals surface area contributed by atoms with E-state index in [1.165, 1.54) is 4.57 Å². The van der Waals surface area contributed by atoms with Crippen molar-refractivity contribution in [1.29, 1.82) is 0 Å². The number of carbonyl (C=O) groups excluding carboxylic acids is 1. The summed E-state index contributed by atoms with van der Waals surface area (Å²) in [4.78, 5) is 53.7. The number of carbonyl (C=O) groups is 1. The lowest BCUT2D eigenvalue weighted by Crippen LogP contribution is -2.39. The van der Waals surface area contributed by atoms with E-state index in [-0.39, 0.29) is 30.8 Å². The van der Waals surface area contributed by atoms with Crippen LogP contribution in [0.15, 0.2) is 44.8 Å². The molecule has 1 fully saturated rings. The van der Waals surface area contributed by atoms with Gasteiger partial charge in [0.25, 0.3) is 11.5 Å². The van der Waals surface area contributed by atoms with Crippen molar-refractivity contribution in [1.82, 2.24) is 24.4 Å². The van der Waals surface area contributed by atoms with Crippen molar-refractivity contribution in [3.05, 3.63) is 67.3 Å². The number of aliphatic hydroxyl groups excluding tert-OH is 2. The summed E-state index contributed by atoms with van der Waals surface area (Å²) in [7, 11) is 0. The van der Waals surface area contributed by atoms with Gasteiger partial charge in [0.1, 0.15) is 17.9 Å². The van der Waals surface area contributed by atoms with Crippen LogP contribution in [0.25, 0.3) is 11.0 Å². The monoisotopic (exact) mass is 431 g/mol. The molecular formula is C19H21N5O7. The molecule has 1 saturated heterocycles. The second-order valence-corrected chi connectivity index (χ2v) is 7.18. The average molecular weight is 431 g/mol. The first-order chi connectivity index (χ1) is 14.9. The van der Waals surface area contributed by atoms with Crippen molar-refractivity contribution in [2.24, 2.45) is 0 Å². The highest BCUT2D eigenvalue weighted by molar-refractivity contribution is 5.93. The number of aromatic amines is 2. The lowest BCUT2D eigenvalue weighted by Gasteiger charge is -2.15. The molecule has 1 aliphatic rings. The summed E-state index contributed by atoms with van der Waals surface area (Å²) < 4.78 is 7.88. The number of aliphatic hydroxyl groups is 2. The minimum Gasteiger partial charge on any atom is -0.394 e. The Morgan fingerprint density at radius 3 is 2.71 bits per heavy atom. The molecule has 0 radical (unpaired) electrons. The molecule has 0 aliphatic carbocycles. The summed E-state index contributed by atoms with van der Waals surface area (Å²) in [6, 6.07) is 7.11. The number of fused-ring (bicyclic) bond motifs is 1. The summed E-state index contributed by atoms with van der Waals surface area (Å²) in [5.41, 5.74) is -0.970. The number of rotatable bonds is 6. The number of imidazole rings is 1. The second-order valence-electron chi connectivity index (χ2n) is 7.18. The van der Waals surface area contributed by atoms with Crippen molar-refractivity contribution in [3.8, 4) is 0 Å². The zero-order valence-electron chi connectivity index (χ0n) is 16.3. The Labute approximate surface area is 173 Å². The van der Waals surface area contributed by atoms with Gasteiger partial charge >= 0.3 is 11.4 Å². The van der Waals surface area contributed by atoms with E-state index < -0.39 is 42.2 Å². The van der Waals surface area contributed by atoms with Gasteiger partial charge in [-0.2, -0.15) is 0 Å². The van der Waals surface area contributed by atoms with E-state index in [2.05, 4.69) is 15.3 Å². The van der Waals surface area contributed by atoms with E-state index >= 15 is 0 Å². The van der Waals surface area contributed by atoms with Crippen LogP contribution in [0.5, 0.6) is 0 Å². The molecular weight excluding hydrogens is 410 g/mol. The largest absolute Gasteiger partial charge is 0.394 e. The molecule has 1 aromatic carbocycles. The predicted molar refractivity (Wildman–Crippen MR) is 108 cm³/mol. The molecule has 0 bridgehead atoms. The highest BCUT2D eigenvalue weighted by Crippen LogP contribution is 2.27. The Morgan fingerprint density at radius 2 is 1.97 bits per heavy atom. The highest BCUT2D eigenvalue weighted by Gasteiger charge is 2.35. The van der Waals surface area contributed by atoms with Gasteiger partial charge in [-0.25, -0.2) is 9.59 Å². The number of hydrogen-bond donors (Lipinski definition) is 5. The molecule has 2 aromatic heterocycles. The van der Waals surface area contributed by atoms with Crippen LogP contribution in [0, 0.1) is 0 Å². The van der Waals surface area contributed by atoms with Gasteiger partial charge in [0.05, 0.1) is 23.7 Å². The van der Waals surface area contributed by atoms with Crippen LogP contribution in [0.2, 0.25) is 0 Å². The molecule has 164 valence electrons. The highest BCUT2D eigenvalue weighted by atomic mass is 16.5. The number of H-pyrrole nitrogens is 2. The van der Waals surface area contributed by atoms with Crippen molar-refractivity contribution in [2.45, 2.75) is 31.4 Å². The van der Waals surface area contributed by atoms with Crippen LogP contribution in [0.4, 0.5) is 0 Å². The molecule has 1 aliphatic heterocycles. The van der Waals surface area contributed by atoms with E-state index in [0.29, 0.717) is 11.0 Å². The molecule has 12 nitrogen and oxygen atoms in total. The fourth-order valence-corrected chi connectivity index (χ4v) is 3.62. The average Bonchev–Trinajstić information content (AvgIpc) is 3.27. The summed E-state index contributed by atoms with van der Waals surface area (Å²) in [6.45, 7) is -0.205. The predicted octanol–water partition coefficient (Wildman–Crippen LogP) is -1.75. The fourth-order valence-electron chi connectivity index (χ4n) is 3.62. The first-order valence-corrected chi connectivity index (χ1v) is 9.64. The normalized spacial score (nSPS) is 20.9. The Hall–Kier alpha value is -3.48. The quantitative estimate of drug-likeness (QED) is 0.308. The molecule has 0 saturated carbocycles. The number of aromatic nitrogens is 4. The molecule has 0 spiro atoms. The van der Waals surface area contributed by atoms with Crippen LogP contribution in [0.1, 0.15) is 23.0 Å². The van der Waals surface area contributed by atoms with Crippen molar-refractivity contribution in [2.75, 3.05) is 13.2 Å². The van der Waals surface area contributed by atoms with E-state index in [1.54, 1.807) is 24.3 Å². The van der Waals surface area contributed by atoms with Gasteiger partial charge in [0.15, 0.2) is 0 Å². The van der Waals surface area contributed by atoms with Crippen molar-refractivity contribution >= 4 is 16.9 Å². The third-order valence-corrected chi connectivity index (χ3v) is 5.21. The van der Waals surface area contributed by atoms with Gasteiger partial charge in [0.2, 0.25) is 0 Å². The van der Waals surface area contributed by atoms with E-state index in [4.69, 9.17) is 4.74 Å². The fraction of sp³-hybridized carbons (Fsp3) is 0.368. The maximum absolute atomic E-state index is 12.5. The molecule has 1 amide bonds. The number of amides is 1. The topological polar surface area (TPSA) is 171 Å². The first kappa shape index (κ1) is 20.8. The van der Waals surface area contributed by atoms with E-state index in [0.717, 1.165) is 10.8 Å². The zero-order valence-corrected chi connectivity index (χ0v) is 16.3. The molecule has 12 heteroatoms. The minimum atomic E-state index is -0.986. The second kappa shape index (κ2) is 8.34. The van der Waals surface area contributed by atoms with Crippen LogP contribution in [-0.2, 0) is 11.3 Å². The molecule has 3 heterocycles. The Bertz CT molecular complexity index is 1290. The minimum absolute atomic E-state index is 0.0156. The van der Waals surface area contributed by atoms with Crippen molar-refractivity contribution in [3.63, 3.8) is 0 Å². The SMILES string of the molecule is O=C(NCCn1c(=O)[nH]c2ccccc21)c1cn(C2CC(O)C(CO)O2)c(=O)[nH]c1=O. The van der Waals surface area contributed by atoms with Gasteiger partial charge in [-0.3, -0.25) is 23.7 Å². The third-order valence-electron chi connectivity index (χ3n) is 5.21. The molecule has 3 aromatic rings. The lowest BCUT2D eigenvalue weighted by atomic mass is 10.2. The summed E-state index contributed by atoms with van der Waals surface area (Å²) >= 11 is 0. The van der Waals surface area contributed by atoms with Crippen LogP contribution < -0.4 is 22.3 Å². The van der Waals surface area contributed by atoms with E-state index in [9.17, 15) is 29.4 Å². The van der Waals surface area contributed by atoms with Gasteiger partial charge in [-0.1, -0.05) is 12.1 Å². The van der Waals surface area contributed by atoms with E-state index in [1.807, 2.05) is 0 Å². The standard InChI is InChI=1S/C19H21N5O7/c25-9-14-13(26)7-15(31-14)24-8-10(17(28)22-19(24)30)16(27)20-5-6-23-12-4-2-1-3-11(12)21-18(23)29/h1-4,8,13-15,25-26H,5-7,9H2,(H,20,27)(H,21,29)(H,22,28,30). The lowest BCUT2D eigenvalue weighted by molar-refractivity contribution is -0.0459. The summed E-state index contributed by atoms with van der Waals surface area (Å²) in [5.74, 6) is -0.736. The van der Waals surface area contributed by atoms with Crippen molar-refractivity contribution < 1.29 is 19.7 Å². The van der Waals surface area contributed by atoms with Gasteiger partial charge < -0.3 is 25.3 Å². The summed E-state index contributed by atoms with van der Waals surface area (Å²) in [6.07, 6.45) is -1.71. The molecule has 4 rings (SSSR count).